The lowest BCUT2D eigenvalue weighted by Crippen LogP contribution is -2.38. The van der Waals surface area contributed by atoms with Gasteiger partial charge in [0.25, 0.3) is 0 Å². The van der Waals surface area contributed by atoms with Crippen LogP contribution >= 0.6 is 0 Å². The summed E-state index contributed by atoms with van der Waals surface area (Å²) in [5.41, 5.74) is 9.01. The standard InChI is InChI=1S/C26H33N3O2/c1-4-22(12-8-9-15-26(3,27)19-30)25-16-24(31)14-13-23(25)18-29-20(2)28-17-21-10-6-5-7-11-21/h4-14,16,19-20,28-29,31H,1,15,17-18,27H2,2-3H3/b9-8-,22-12+/t20-,26?/m0/s1. The van der Waals surface area contributed by atoms with E-state index in [-0.39, 0.29) is 11.9 Å². The maximum Gasteiger partial charge on any atom is 0.139 e. The summed E-state index contributed by atoms with van der Waals surface area (Å²) in [6.45, 7) is 9.08. The van der Waals surface area contributed by atoms with Gasteiger partial charge in [-0.2, -0.15) is 0 Å². The predicted octanol–water partition coefficient (Wildman–Crippen LogP) is 4.05. The molecule has 0 aliphatic carbocycles. The average molecular weight is 420 g/mol. The molecule has 31 heavy (non-hydrogen) atoms. The van der Waals surface area contributed by atoms with Crippen molar-refractivity contribution in [3.63, 3.8) is 0 Å². The molecule has 0 radical (unpaired) electrons. The van der Waals surface area contributed by atoms with Gasteiger partial charge in [0, 0.05) is 13.1 Å². The Labute approximate surface area is 185 Å². The van der Waals surface area contributed by atoms with Crippen LogP contribution in [0.15, 0.2) is 79.4 Å². The minimum atomic E-state index is -0.873. The number of nitrogens with one attached hydrogen (secondary N) is 2. The van der Waals surface area contributed by atoms with Crippen LogP contribution in [-0.4, -0.2) is 23.1 Å². The zero-order valence-electron chi connectivity index (χ0n) is 18.3. The molecule has 0 aliphatic heterocycles. The van der Waals surface area contributed by atoms with Crippen molar-refractivity contribution in [2.45, 2.75) is 45.1 Å². The lowest BCUT2D eigenvalue weighted by atomic mass is 9.97. The SMILES string of the molecule is C=C/C(=C\C=C/CC(C)(N)C=O)c1cc(O)ccc1CN[C@@H](C)NCc1ccccc1. The van der Waals surface area contributed by atoms with E-state index in [1.807, 2.05) is 42.5 Å². The molecule has 0 bridgehead atoms. The van der Waals surface area contributed by atoms with Gasteiger partial charge in [-0.05, 0) is 54.7 Å². The molecule has 5 heteroatoms. The van der Waals surface area contributed by atoms with Crippen molar-refractivity contribution < 1.29 is 9.90 Å². The summed E-state index contributed by atoms with van der Waals surface area (Å²) in [5, 5.41) is 16.9. The molecule has 0 spiro atoms. The van der Waals surface area contributed by atoms with E-state index in [0.29, 0.717) is 13.0 Å². The number of hydrogen-bond acceptors (Lipinski definition) is 5. The van der Waals surface area contributed by atoms with Gasteiger partial charge >= 0.3 is 0 Å². The van der Waals surface area contributed by atoms with E-state index in [4.69, 9.17) is 5.73 Å². The Morgan fingerprint density at radius 2 is 1.90 bits per heavy atom. The maximum atomic E-state index is 10.9. The van der Waals surface area contributed by atoms with Crippen LogP contribution in [0, 0.1) is 0 Å². The van der Waals surface area contributed by atoms with Gasteiger partial charge in [-0.15, -0.1) is 0 Å². The molecule has 0 saturated carbocycles. The first-order chi connectivity index (χ1) is 14.8. The van der Waals surface area contributed by atoms with Crippen LogP contribution in [-0.2, 0) is 17.9 Å². The number of aromatic hydroxyl groups is 1. The zero-order valence-corrected chi connectivity index (χ0v) is 18.3. The fraction of sp³-hybridized carbons (Fsp3) is 0.269. The molecular formula is C26H33N3O2. The molecule has 0 aliphatic rings. The molecule has 2 aromatic carbocycles. The monoisotopic (exact) mass is 419 g/mol. The van der Waals surface area contributed by atoms with Gasteiger partial charge in [0.05, 0.1) is 11.7 Å². The van der Waals surface area contributed by atoms with Gasteiger partial charge in [-0.1, -0.05) is 67.3 Å². The van der Waals surface area contributed by atoms with Gasteiger partial charge < -0.3 is 15.6 Å². The smallest absolute Gasteiger partial charge is 0.139 e. The van der Waals surface area contributed by atoms with Crippen LogP contribution in [0.5, 0.6) is 5.75 Å². The fourth-order valence-electron chi connectivity index (χ4n) is 3.00. The highest BCUT2D eigenvalue weighted by molar-refractivity contribution is 5.77. The van der Waals surface area contributed by atoms with Crippen LogP contribution in [0.1, 0.15) is 37.0 Å². The van der Waals surface area contributed by atoms with Crippen molar-refractivity contribution in [2.75, 3.05) is 0 Å². The van der Waals surface area contributed by atoms with E-state index in [1.54, 1.807) is 25.1 Å². The molecule has 5 nitrogen and oxygen atoms in total. The third-order valence-electron chi connectivity index (χ3n) is 4.92. The minimum Gasteiger partial charge on any atom is -0.508 e. The van der Waals surface area contributed by atoms with Crippen molar-refractivity contribution in [3.8, 4) is 5.75 Å². The molecule has 0 heterocycles. The van der Waals surface area contributed by atoms with Gasteiger partial charge in [0.15, 0.2) is 0 Å². The Morgan fingerprint density at radius 1 is 1.19 bits per heavy atom. The summed E-state index contributed by atoms with van der Waals surface area (Å²) in [5.74, 6) is 0.196. The first-order valence-electron chi connectivity index (χ1n) is 10.4. The molecule has 0 fully saturated rings. The van der Waals surface area contributed by atoms with Crippen LogP contribution in [0.4, 0.5) is 0 Å². The van der Waals surface area contributed by atoms with Gasteiger partial charge in [0.2, 0.25) is 0 Å². The number of benzene rings is 2. The summed E-state index contributed by atoms with van der Waals surface area (Å²) in [6.07, 6.45) is 8.66. The number of aldehydes is 1. The molecule has 2 atom stereocenters. The second-order valence-electron chi connectivity index (χ2n) is 7.89. The zero-order chi connectivity index (χ0) is 22.7. The Bertz CT molecular complexity index is 918. The summed E-state index contributed by atoms with van der Waals surface area (Å²) in [6, 6.07) is 15.6. The molecule has 0 amide bonds. The van der Waals surface area contributed by atoms with E-state index >= 15 is 0 Å². The third-order valence-corrected chi connectivity index (χ3v) is 4.92. The van der Waals surface area contributed by atoms with E-state index in [0.717, 1.165) is 29.5 Å². The highest BCUT2D eigenvalue weighted by atomic mass is 16.3. The third kappa shape index (κ3) is 8.34. The van der Waals surface area contributed by atoms with Crippen molar-refractivity contribution >= 4 is 11.9 Å². The van der Waals surface area contributed by atoms with E-state index in [9.17, 15) is 9.90 Å². The Balaban J connectivity index is 2.05. The highest BCUT2D eigenvalue weighted by Crippen LogP contribution is 2.25. The number of nitrogens with two attached hydrogens (primary N) is 1. The second-order valence-corrected chi connectivity index (χ2v) is 7.89. The molecular weight excluding hydrogens is 386 g/mol. The van der Waals surface area contributed by atoms with Crippen molar-refractivity contribution in [1.29, 1.82) is 0 Å². The predicted molar refractivity (Wildman–Crippen MR) is 128 cm³/mol. The van der Waals surface area contributed by atoms with E-state index in [2.05, 4.69) is 36.3 Å². The van der Waals surface area contributed by atoms with Crippen LogP contribution in [0.3, 0.4) is 0 Å². The largest absolute Gasteiger partial charge is 0.508 e. The second kappa shape index (κ2) is 12.0. The fourth-order valence-corrected chi connectivity index (χ4v) is 3.00. The topological polar surface area (TPSA) is 87.4 Å². The molecule has 1 unspecified atom stereocenters. The molecule has 0 aromatic heterocycles. The number of hydrogen-bond donors (Lipinski definition) is 4. The first-order valence-corrected chi connectivity index (χ1v) is 10.4. The molecule has 2 rings (SSSR count). The van der Waals surface area contributed by atoms with Crippen molar-refractivity contribution in [1.82, 2.24) is 10.6 Å². The van der Waals surface area contributed by atoms with Gasteiger partial charge in [0.1, 0.15) is 12.0 Å². The quantitative estimate of drug-likeness (QED) is 0.237. The number of rotatable bonds is 12. The summed E-state index contributed by atoms with van der Waals surface area (Å²) in [4.78, 5) is 10.9. The normalized spacial score (nSPS) is 14.9. The summed E-state index contributed by atoms with van der Waals surface area (Å²) >= 11 is 0. The van der Waals surface area contributed by atoms with Crippen molar-refractivity contribution in [2.24, 2.45) is 5.73 Å². The molecule has 0 saturated heterocycles. The number of carbonyl (C=O) groups is 1. The van der Waals surface area contributed by atoms with Gasteiger partial charge in [-0.25, -0.2) is 0 Å². The first kappa shape index (κ1) is 24.3. The van der Waals surface area contributed by atoms with Crippen LogP contribution in [0.25, 0.3) is 5.57 Å². The van der Waals surface area contributed by atoms with E-state index in [1.165, 1.54) is 5.56 Å². The van der Waals surface area contributed by atoms with E-state index < -0.39 is 5.54 Å². The Morgan fingerprint density at radius 3 is 2.58 bits per heavy atom. The molecule has 2 aromatic rings. The average Bonchev–Trinajstić information content (AvgIpc) is 2.77. The number of phenols is 1. The lowest BCUT2D eigenvalue weighted by Gasteiger charge is -2.18. The molecule has 164 valence electrons. The molecule has 5 N–H and O–H groups in total. The maximum absolute atomic E-state index is 10.9. The Kier molecular flexibility index (Phi) is 9.40. The van der Waals surface area contributed by atoms with Crippen LogP contribution in [0.2, 0.25) is 0 Å². The summed E-state index contributed by atoms with van der Waals surface area (Å²) < 4.78 is 0. The number of phenolic OH excluding ortho intramolecular Hbond substituents is 1. The highest BCUT2D eigenvalue weighted by Gasteiger charge is 2.14. The minimum absolute atomic E-state index is 0.100. The Hall–Kier alpha value is -2.99. The van der Waals surface area contributed by atoms with Crippen molar-refractivity contribution in [3.05, 3.63) is 96.1 Å². The summed E-state index contributed by atoms with van der Waals surface area (Å²) in [7, 11) is 0. The van der Waals surface area contributed by atoms with Crippen LogP contribution < -0.4 is 16.4 Å². The van der Waals surface area contributed by atoms with Gasteiger partial charge in [-0.3, -0.25) is 10.6 Å². The lowest BCUT2D eigenvalue weighted by molar-refractivity contribution is -0.111. The number of allylic oxidation sites excluding steroid dienone is 4. The number of carbonyl (C=O) groups excluding carboxylic acids is 1.